The lowest BCUT2D eigenvalue weighted by Crippen LogP contribution is -2.33. The van der Waals surface area contributed by atoms with Gasteiger partial charge < -0.3 is 5.73 Å². The lowest BCUT2D eigenvalue weighted by Gasteiger charge is -2.14. The van der Waals surface area contributed by atoms with Crippen molar-refractivity contribution >= 4 is 32.4 Å². The third-order valence-electron chi connectivity index (χ3n) is 2.72. The van der Waals surface area contributed by atoms with Crippen molar-refractivity contribution in [3.8, 4) is 0 Å². The summed E-state index contributed by atoms with van der Waals surface area (Å²) in [6.07, 6.45) is 2.09. The number of hydrogen-bond donors (Lipinski definition) is 2. The Labute approximate surface area is 127 Å². The second kappa shape index (κ2) is 7.51. The van der Waals surface area contributed by atoms with Crippen molar-refractivity contribution in [2.24, 2.45) is 5.73 Å². The fraction of sp³-hybridized carbons (Fsp3) is 0.500. The predicted octanol–water partition coefficient (Wildman–Crippen LogP) is 1.23. The molecule has 0 aliphatic heterocycles. The molecule has 0 amide bonds. The van der Waals surface area contributed by atoms with Crippen LogP contribution in [0.4, 0.5) is 0 Å². The van der Waals surface area contributed by atoms with E-state index in [1.807, 2.05) is 0 Å². The van der Waals surface area contributed by atoms with Gasteiger partial charge in [0.1, 0.15) is 4.90 Å². The van der Waals surface area contributed by atoms with Crippen molar-refractivity contribution in [2.75, 3.05) is 12.0 Å². The molecule has 0 aliphatic carbocycles. The summed E-state index contributed by atoms with van der Waals surface area (Å²) in [7, 11) is -4.63. The maximum atomic E-state index is 12.2. The van der Waals surface area contributed by atoms with Gasteiger partial charge >= 0.3 is 0 Å². The summed E-state index contributed by atoms with van der Waals surface area (Å²) in [6.45, 7) is 2.03. The SMILES string of the molecule is CC(CCS(C)=O)NS(=O)(=O)c1ccc(CN)cc1Cl. The van der Waals surface area contributed by atoms with Gasteiger partial charge in [-0.3, -0.25) is 4.21 Å². The van der Waals surface area contributed by atoms with Crippen LogP contribution in [0.1, 0.15) is 18.9 Å². The summed E-state index contributed by atoms with van der Waals surface area (Å²) in [4.78, 5) is 0.0286. The third-order valence-corrected chi connectivity index (χ3v) is 5.60. The first-order valence-electron chi connectivity index (χ1n) is 6.07. The standard InChI is InChI=1S/C12H19ClN2O3S2/c1-9(5-6-19(2)16)15-20(17,18)12-4-3-10(8-14)7-11(12)13/h3-4,7,9,15H,5-6,8,14H2,1-2H3. The molecule has 114 valence electrons. The van der Waals surface area contributed by atoms with Crippen molar-refractivity contribution in [2.45, 2.75) is 30.8 Å². The molecule has 0 aromatic heterocycles. The van der Waals surface area contributed by atoms with Gasteiger partial charge in [0.05, 0.1) is 5.02 Å². The van der Waals surface area contributed by atoms with Crippen molar-refractivity contribution in [1.29, 1.82) is 0 Å². The monoisotopic (exact) mass is 338 g/mol. The molecule has 0 aliphatic rings. The van der Waals surface area contributed by atoms with Crippen LogP contribution in [0.15, 0.2) is 23.1 Å². The van der Waals surface area contributed by atoms with Crippen molar-refractivity contribution in [1.82, 2.24) is 4.72 Å². The fourth-order valence-electron chi connectivity index (χ4n) is 1.62. The maximum Gasteiger partial charge on any atom is 0.242 e. The fourth-order valence-corrected chi connectivity index (χ4v) is 4.15. The molecular weight excluding hydrogens is 320 g/mol. The van der Waals surface area contributed by atoms with Crippen LogP contribution in [-0.4, -0.2) is 30.7 Å². The minimum Gasteiger partial charge on any atom is -0.326 e. The van der Waals surface area contributed by atoms with Crippen LogP contribution < -0.4 is 10.5 Å². The van der Waals surface area contributed by atoms with Crippen LogP contribution in [0.2, 0.25) is 5.02 Å². The molecule has 3 N–H and O–H groups in total. The quantitative estimate of drug-likeness (QED) is 0.782. The average Bonchev–Trinajstić information content (AvgIpc) is 2.35. The van der Waals surface area contributed by atoms with Gasteiger partial charge in [-0.1, -0.05) is 17.7 Å². The summed E-state index contributed by atoms with van der Waals surface area (Å²) in [6, 6.07) is 4.31. The van der Waals surface area contributed by atoms with Crippen LogP contribution in [-0.2, 0) is 27.4 Å². The Bertz CT molecular complexity index is 590. The first-order chi connectivity index (χ1) is 9.26. The largest absolute Gasteiger partial charge is 0.326 e. The van der Waals surface area contributed by atoms with E-state index in [-0.39, 0.29) is 16.0 Å². The average molecular weight is 339 g/mol. The molecule has 0 fully saturated rings. The molecule has 0 bridgehead atoms. The highest BCUT2D eigenvalue weighted by atomic mass is 35.5. The Morgan fingerprint density at radius 2 is 2.10 bits per heavy atom. The highest BCUT2D eigenvalue weighted by Gasteiger charge is 2.20. The molecule has 20 heavy (non-hydrogen) atoms. The van der Waals surface area contributed by atoms with E-state index in [1.54, 1.807) is 25.3 Å². The van der Waals surface area contributed by atoms with E-state index in [0.717, 1.165) is 5.56 Å². The van der Waals surface area contributed by atoms with Crippen LogP contribution in [0, 0.1) is 0 Å². The highest BCUT2D eigenvalue weighted by Crippen LogP contribution is 2.22. The smallest absolute Gasteiger partial charge is 0.242 e. The van der Waals surface area contributed by atoms with Crippen molar-refractivity contribution < 1.29 is 12.6 Å². The highest BCUT2D eigenvalue weighted by molar-refractivity contribution is 7.89. The first kappa shape index (κ1) is 17.6. The second-order valence-corrected chi connectivity index (χ2v) is 8.20. The van der Waals surface area contributed by atoms with E-state index in [1.165, 1.54) is 6.07 Å². The molecule has 8 heteroatoms. The Morgan fingerprint density at radius 1 is 1.45 bits per heavy atom. The van der Waals surface area contributed by atoms with E-state index in [0.29, 0.717) is 18.7 Å². The molecule has 5 nitrogen and oxygen atoms in total. The van der Waals surface area contributed by atoms with E-state index in [4.69, 9.17) is 17.3 Å². The molecule has 0 saturated carbocycles. The maximum absolute atomic E-state index is 12.2. The normalized spacial score (nSPS) is 15.0. The van der Waals surface area contributed by atoms with Gasteiger partial charge in [-0.15, -0.1) is 0 Å². The number of rotatable bonds is 7. The minimum absolute atomic E-state index is 0.0286. The molecule has 2 atom stereocenters. The van der Waals surface area contributed by atoms with Gasteiger partial charge in [-0.05, 0) is 31.0 Å². The van der Waals surface area contributed by atoms with E-state index in [2.05, 4.69) is 4.72 Å². The van der Waals surface area contributed by atoms with Crippen molar-refractivity contribution in [3.05, 3.63) is 28.8 Å². The lowest BCUT2D eigenvalue weighted by atomic mass is 10.2. The summed E-state index contributed by atoms with van der Waals surface area (Å²) in [5.41, 5.74) is 6.24. The van der Waals surface area contributed by atoms with E-state index in [9.17, 15) is 12.6 Å². The number of nitrogens with two attached hydrogens (primary N) is 1. The zero-order valence-electron chi connectivity index (χ0n) is 11.4. The van der Waals surface area contributed by atoms with Gasteiger partial charge in [0.15, 0.2) is 0 Å². The molecule has 1 rings (SSSR count). The Balaban J connectivity index is 2.86. The lowest BCUT2D eigenvalue weighted by molar-refractivity contribution is 0.556. The first-order valence-corrected chi connectivity index (χ1v) is 9.66. The molecule has 2 unspecified atom stereocenters. The molecular formula is C12H19ClN2O3S2. The predicted molar refractivity (Wildman–Crippen MR) is 82.7 cm³/mol. The van der Waals surface area contributed by atoms with Crippen LogP contribution in [0.3, 0.4) is 0 Å². The number of nitrogens with one attached hydrogen (secondary N) is 1. The van der Waals surface area contributed by atoms with Gasteiger partial charge in [-0.25, -0.2) is 13.1 Å². The van der Waals surface area contributed by atoms with Gasteiger partial charge in [-0.2, -0.15) is 0 Å². The summed E-state index contributed by atoms with van der Waals surface area (Å²) in [5, 5.41) is 0.145. The number of hydrogen-bond acceptors (Lipinski definition) is 4. The van der Waals surface area contributed by atoms with E-state index < -0.39 is 20.8 Å². The third kappa shape index (κ3) is 5.14. The van der Waals surface area contributed by atoms with Gasteiger partial charge in [0.25, 0.3) is 0 Å². The number of halogens is 1. The Hall–Kier alpha value is -0.470. The molecule has 0 radical (unpaired) electrons. The zero-order valence-corrected chi connectivity index (χ0v) is 13.8. The van der Waals surface area contributed by atoms with Crippen LogP contribution in [0.25, 0.3) is 0 Å². The second-order valence-electron chi connectivity index (χ2n) is 4.56. The number of sulfonamides is 1. The molecule has 0 spiro atoms. The topological polar surface area (TPSA) is 89.3 Å². The molecule has 0 saturated heterocycles. The van der Waals surface area contributed by atoms with Crippen LogP contribution >= 0.6 is 11.6 Å². The van der Waals surface area contributed by atoms with Crippen LogP contribution in [0.5, 0.6) is 0 Å². The minimum atomic E-state index is -3.68. The Morgan fingerprint density at radius 3 is 2.60 bits per heavy atom. The molecule has 1 aromatic carbocycles. The number of benzene rings is 1. The van der Waals surface area contributed by atoms with Gasteiger partial charge in [0, 0.05) is 35.4 Å². The zero-order chi connectivity index (χ0) is 15.3. The van der Waals surface area contributed by atoms with E-state index >= 15 is 0 Å². The summed E-state index contributed by atoms with van der Waals surface area (Å²) in [5.74, 6) is 0.448. The summed E-state index contributed by atoms with van der Waals surface area (Å²) < 4.78 is 37.9. The summed E-state index contributed by atoms with van der Waals surface area (Å²) >= 11 is 5.98. The molecule has 1 aromatic rings. The molecule has 0 heterocycles. The van der Waals surface area contributed by atoms with Gasteiger partial charge in [0.2, 0.25) is 10.0 Å². The Kier molecular flexibility index (Phi) is 6.60. The van der Waals surface area contributed by atoms with Crippen molar-refractivity contribution in [3.63, 3.8) is 0 Å².